The molecule has 0 unspecified atom stereocenters. The van der Waals surface area contributed by atoms with Crippen LogP contribution in [-0.2, 0) is 13.1 Å². The van der Waals surface area contributed by atoms with E-state index in [0.717, 1.165) is 6.54 Å². The predicted molar refractivity (Wildman–Crippen MR) is 77.5 cm³/mol. The molecule has 0 fully saturated rings. The number of aryl methyl sites for hydroxylation is 1. The first-order chi connectivity index (χ1) is 9.61. The second-order valence-corrected chi connectivity index (χ2v) is 4.99. The van der Waals surface area contributed by atoms with E-state index in [1.165, 1.54) is 17.2 Å². The summed E-state index contributed by atoms with van der Waals surface area (Å²) >= 11 is 0. The zero-order valence-corrected chi connectivity index (χ0v) is 11.7. The molecule has 0 aliphatic carbocycles. The summed E-state index contributed by atoms with van der Waals surface area (Å²) in [6.45, 7) is 3.30. The Morgan fingerprint density at radius 3 is 2.40 bits per heavy atom. The number of hydrogen-bond acceptors (Lipinski definition) is 2. The fourth-order valence-corrected chi connectivity index (χ4v) is 2.21. The molecule has 0 bridgehead atoms. The quantitative estimate of drug-likeness (QED) is 0.846. The SMILES string of the molecule is Cc1ccccc1CN(C)Cc1cccc(C#N)c1F. The Labute approximate surface area is 119 Å². The molecule has 0 saturated heterocycles. The minimum atomic E-state index is -0.411. The molecule has 102 valence electrons. The van der Waals surface area contributed by atoms with Crippen LogP contribution in [0.1, 0.15) is 22.3 Å². The first kappa shape index (κ1) is 14.2. The summed E-state index contributed by atoms with van der Waals surface area (Å²) in [6.07, 6.45) is 0. The van der Waals surface area contributed by atoms with Gasteiger partial charge in [0.15, 0.2) is 0 Å². The second-order valence-electron chi connectivity index (χ2n) is 4.99. The molecule has 0 aliphatic heterocycles. The summed E-state index contributed by atoms with van der Waals surface area (Å²) in [5.74, 6) is -0.411. The zero-order valence-electron chi connectivity index (χ0n) is 11.7. The van der Waals surface area contributed by atoms with Crippen LogP contribution in [0.5, 0.6) is 0 Å². The maximum Gasteiger partial charge on any atom is 0.145 e. The lowest BCUT2D eigenvalue weighted by molar-refractivity contribution is 0.313. The van der Waals surface area contributed by atoms with Crippen molar-refractivity contribution in [3.63, 3.8) is 0 Å². The number of hydrogen-bond donors (Lipinski definition) is 0. The monoisotopic (exact) mass is 268 g/mol. The van der Waals surface area contributed by atoms with E-state index in [1.54, 1.807) is 12.1 Å². The third kappa shape index (κ3) is 3.23. The molecule has 2 rings (SSSR count). The van der Waals surface area contributed by atoms with E-state index >= 15 is 0 Å². The molecule has 0 N–H and O–H groups in total. The van der Waals surface area contributed by atoms with Gasteiger partial charge in [-0.1, -0.05) is 36.4 Å². The van der Waals surface area contributed by atoms with Gasteiger partial charge in [-0.15, -0.1) is 0 Å². The van der Waals surface area contributed by atoms with Gasteiger partial charge < -0.3 is 0 Å². The highest BCUT2D eigenvalue weighted by Crippen LogP contribution is 2.16. The molecule has 0 amide bonds. The number of nitriles is 1. The van der Waals surface area contributed by atoms with Crippen molar-refractivity contribution >= 4 is 0 Å². The van der Waals surface area contributed by atoms with Gasteiger partial charge in [-0.25, -0.2) is 4.39 Å². The van der Waals surface area contributed by atoms with Crippen molar-refractivity contribution in [1.82, 2.24) is 4.90 Å². The van der Waals surface area contributed by atoms with E-state index in [1.807, 2.05) is 30.1 Å². The lowest BCUT2D eigenvalue weighted by Gasteiger charge is -2.18. The van der Waals surface area contributed by atoms with Crippen LogP contribution in [0, 0.1) is 24.1 Å². The van der Waals surface area contributed by atoms with Crippen molar-refractivity contribution in [3.05, 3.63) is 70.5 Å². The van der Waals surface area contributed by atoms with Gasteiger partial charge >= 0.3 is 0 Å². The van der Waals surface area contributed by atoms with E-state index in [0.29, 0.717) is 12.1 Å². The number of benzene rings is 2. The van der Waals surface area contributed by atoms with Crippen LogP contribution < -0.4 is 0 Å². The van der Waals surface area contributed by atoms with E-state index < -0.39 is 5.82 Å². The lowest BCUT2D eigenvalue weighted by atomic mass is 10.1. The minimum Gasteiger partial charge on any atom is -0.298 e. The fraction of sp³-hybridized carbons (Fsp3) is 0.235. The van der Waals surface area contributed by atoms with Gasteiger partial charge in [0.05, 0.1) is 5.56 Å². The highest BCUT2D eigenvalue weighted by atomic mass is 19.1. The molecule has 0 heterocycles. The average molecular weight is 268 g/mol. The van der Waals surface area contributed by atoms with Gasteiger partial charge in [-0.3, -0.25) is 4.90 Å². The number of nitrogens with zero attached hydrogens (tertiary/aromatic N) is 2. The minimum absolute atomic E-state index is 0.104. The summed E-state index contributed by atoms with van der Waals surface area (Å²) in [5, 5.41) is 8.84. The predicted octanol–water partition coefficient (Wildman–Crippen LogP) is 3.64. The van der Waals surface area contributed by atoms with Crippen LogP contribution in [0.15, 0.2) is 42.5 Å². The number of halogens is 1. The Hall–Kier alpha value is -2.18. The van der Waals surface area contributed by atoms with Gasteiger partial charge in [0.1, 0.15) is 11.9 Å². The highest BCUT2D eigenvalue weighted by molar-refractivity contribution is 5.35. The van der Waals surface area contributed by atoms with E-state index in [-0.39, 0.29) is 5.56 Å². The maximum atomic E-state index is 14.0. The normalized spacial score (nSPS) is 10.6. The summed E-state index contributed by atoms with van der Waals surface area (Å²) in [4.78, 5) is 2.04. The summed E-state index contributed by atoms with van der Waals surface area (Å²) in [6, 6.07) is 15.0. The Kier molecular flexibility index (Phi) is 4.49. The summed E-state index contributed by atoms with van der Waals surface area (Å²) in [5.41, 5.74) is 3.12. The van der Waals surface area contributed by atoms with Crippen molar-refractivity contribution in [2.45, 2.75) is 20.0 Å². The fourth-order valence-electron chi connectivity index (χ4n) is 2.21. The largest absolute Gasteiger partial charge is 0.298 e. The first-order valence-corrected chi connectivity index (χ1v) is 6.52. The molecule has 2 nitrogen and oxygen atoms in total. The van der Waals surface area contributed by atoms with Gasteiger partial charge in [0.2, 0.25) is 0 Å². The van der Waals surface area contributed by atoms with Crippen molar-refractivity contribution < 1.29 is 4.39 Å². The van der Waals surface area contributed by atoms with Crippen molar-refractivity contribution in [3.8, 4) is 6.07 Å². The van der Waals surface area contributed by atoms with Crippen LogP contribution in [0.25, 0.3) is 0 Å². The molecule has 0 aromatic heterocycles. The molecule has 3 heteroatoms. The van der Waals surface area contributed by atoms with Crippen molar-refractivity contribution in [1.29, 1.82) is 5.26 Å². The third-order valence-corrected chi connectivity index (χ3v) is 3.34. The Balaban J connectivity index is 2.11. The van der Waals surface area contributed by atoms with Gasteiger partial charge in [0.25, 0.3) is 0 Å². The van der Waals surface area contributed by atoms with E-state index in [9.17, 15) is 4.39 Å². The van der Waals surface area contributed by atoms with E-state index in [4.69, 9.17) is 5.26 Å². The summed E-state index contributed by atoms with van der Waals surface area (Å²) < 4.78 is 14.0. The molecule has 0 atom stereocenters. The molecule has 0 spiro atoms. The highest BCUT2D eigenvalue weighted by Gasteiger charge is 2.10. The van der Waals surface area contributed by atoms with Gasteiger partial charge in [-0.2, -0.15) is 5.26 Å². The van der Waals surface area contributed by atoms with Crippen LogP contribution in [0.4, 0.5) is 4.39 Å². The zero-order chi connectivity index (χ0) is 14.5. The molecular formula is C17H17FN2. The molecule has 20 heavy (non-hydrogen) atoms. The van der Waals surface area contributed by atoms with Gasteiger partial charge in [0, 0.05) is 18.7 Å². The molecule has 0 aliphatic rings. The van der Waals surface area contributed by atoms with Gasteiger partial charge in [-0.05, 0) is 31.2 Å². The molecule has 2 aromatic rings. The molecular weight excluding hydrogens is 251 g/mol. The molecule has 0 radical (unpaired) electrons. The van der Waals surface area contributed by atoms with Crippen LogP contribution >= 0.6 is 0 Å². The van der Waals surface area contributed by atoms with Crippen LogP contribution in [0.2, 0.25) is 0 Å². The molecule has 2 aromatic carbocycles. The number of rotatable bonds is 4. The average Bonchev–Trinajstić information content (AvgIpc) is 2.44. The topological polar surface area (TPSA) is 27.0 Å². The second kappa shape index (κ2) is 6.31. The molecule has 0 saturated carbocycles. The third-order valence-electron chi connectivity index (χ3n) is 3.34. The Morgan fingerprint density at radius 1 is 1.05 bits per heavy atom. The standard InChI is InChI=1S/C17H17FN2/c1-13-6-3-4-7-15(13)11-20(2)12-16-9-5-8-14(10-19)17(16)18/h3-9H,11-12H2,1-2H3. The summed E-state index contributed by atoms with van der Waals surface area (Å²) in [7, 11) is 1.95. The Morgan fingerprint density at radius 2 is 1.70 bits per heavy atom. The Bertz CT molecular complexity index is 644. The first-order valence-electron chi connectivity index (χ1n) is 6.52. The maximum absolute atomic E-state index is 14.0. The lowest BCUT2D eigenvalue weighted by Crippen LogP contribution is -2.18. The van der Waals surface area contributed by atoms with Crippen LogP contribution in [0.3, 0.4) is 0 Å². The van der Waals surface area contributed by atoms with Crippen molar-refractivity contribution in [2.75, 3.05) is 7.05 Å². The smallest absolute Gasteiger partial charge is 0.145 e. The van der Waals surface area contributed by atoms with Crippen LogP contribution in [-0.4, -0.2) is 11.9 Å². The van der Waals surface area contributed by atoms with E-state index in [2.05, 4.69) is 19.1 Å². The van der Waals surface area contributed by atoms with Crippen molar-refractivity contribution in [2.24, 2.45) is 0 Å².